The van der Waals surface area contributed by atoms with E-state index in [2.05, 4.69) is 42.7 Å². The molecule has 3 rings (SSSR count). The van der Waals surface area contributed by atoms with Gasteiger partial charge in [0.2, 0.25) is 0 Å². The highest BCUT2D eigenvalue weighted by Crippen LogP contribution is 2.19. The van der Waals surface area contributed by atoms with Crippen LogP contribution >= 0.6 is 22.6 Å². The minimum atomic E-state index is -0.138. The number of rotatable bonds is 3. The van der Waals surface area contributed by atoms with E-state index >= 15 is 0 Å². The number of halogens is 1. The summed E-state index contributed by atoms with van der Waals surface area (Å²) in [5, 5.41) is 11.3. The summed E-state index contributed by atoms with van der Waals surface area (Å²) in [4.78, 5) is 12.2. The van der Waals surface area contributed by atoms with Crippen LogP contribution in [0.1, 0.15) is 41.4 Å². The largest absolute Gasteiger partial charge is 0.342 e. The van der Waals surface area contributed by atoms with Gasteiger partial charge in [-0.15, -0.1) is 10.2 Å². The van der Waals surface area contributed by atoms with Crippen LogP contribution in [0.15, 0.2) is 24.3 Å². The number of aromatic nitrogens is 3. The van der Waals surface area contributed by atoms with Gasteiger partial charge in [0.05, 0.1) is 6.04 Å². The lowest BCUT2D eigenvalue weighted by atomic mass is 10.2. The van der Waals surface area contributed by atoms with Crippen molar-refractivity contribution in [3.63, 3.8) is 0 Å². The summed E-state index contributed by atoms with van der Waals surface area (Å²) in [6.45, 7) is 2.89. The van der Waals surface area contributed by atoms with Crippen LogP contribution in [0.25, 0.3) is 0 Å². The highest BCUT2D eigenvalue weighted by molar-refractivity contribution is 14.1. The molecule has 1 amide bonds. The molecule has 5 nitrogen and oxygen atoms in total. The molecule has 1 unspecified atom stereocenters. The Labute approximate surface area is 130 Å². The fourth-order valence-corrected chi connectivity index (χ4v) is 2.80. The Morgan fingerprint density at radius 3 is 2.85 bits per heavy atom. The van der Waals surface area contributed by atoms with Crippen LogP contribution in [0.3, 0.4) is 0 Å². The molecule has 1 aliphatic rings. The van der Waals surface area contributed by atoms with Crippen molar-refractivity contribution >= 4 is 28.5 Å². The quantitative estimate of drug-likeness (QED) is 0.829. The molecule has 0 aliphatic carbocycles. The first-order chi connectivity index (χ1) is 9.65. The molecule has 0 saturated heterocycles. The average Bonchev–Trinajstić information content (AvgIpc) is 3.01. The van der Waals surface area contributed by atoms with Crippen molar-refractivity contribution in [2.75, 3.05) is 0 Å². The lowest BCUT2D eigenvalue weighted by Gasteiger charge is -2.14. The Morgan fingerprint density at radius 1 is 1.35 bits per heavy atom. The van der Waals surface area contributed by atoms with Gasteiger partial charge in [0.1, 0.15) is 5.82 Å². The molecule has 1 atom stereocenters. The summed E-state index contributed by atoms with van der Waals surface area (Å²) in [7, 11) is 0. The number of aryl methyl sites for hydroxylation is 1. The maximum atomic E-state index is 12.2. The Hall–Kier alpha value is -1.44. The van der Waals surface area contributed by atoms with Crippen LogP contribution in [-0.2, 0) is 13.0 Å². The first-order valence-electron chi connectivity index (χ1n) is 6.63. The molecule has 1 aromatic carbocycles. The van der Waals surface area contributed by atoms with Crippen molar-refractivity contribution in [1.29, 1.82) is 0 Å². The van der Waals surface area contributed by atoms with Crippen molar-refractivity contribution in [2.24, 2.45) is 0 Å². The van der Waals surface area contributed by atoms with E-state index in [-0.39, 0.29) is 11.9 Å². The fraction of sp³-hybridized carbons (Fsp3) is 0.357. The van der Waals surface area contributed by atoms with Crippen LogP contribution in [0.2, 0.25) is 0 Å². The number of benzene rings is 1. The van der Waals surface area contributed by atoms with Crippen LogP contribution in [0, 0.1) is 3.57 Å². The predicted octanol–water partition coefficient (Wildman–Crippen LogP) is 2.32. The second-order valence-corrected chi connectivity index (χ2v) is 6.18. The SMILES string of the molecule is CC(NC(=O)c1ccc(I)cc1)c1nnc2n1CCC2. The molecule has 0 bridgehead atoms. The molecule has 2 aromatic rings. The van der Waals surface area contributed by atoms with E-state index in [0.717, 1.165) is 34.6 Å². The summed E-state index contributed by atoms with van der Waals surface area (Å²) in [5.41, 5.74) is 0.665. The van der Waals surface area contributed by atoms with Crippen molar-refractivity contribution in [1.82, 2.24) is 20.1 Å². The zero-order chi connectivity index (χ0) is 14.1. The molecular weight excluding hydrogens is 367 g/mol. The second-order valence-electron chi connectivity index (χ2n) is 4.93. The highest BCUT2D eigenvalue weighted by Gasteiger charge is 2.22. The third-order valence-electron chi connectivity index (χ3n) is 3.48. The molecule has 20 heavy (non-hydrogen) atoms. The number of carbonyl (C=O) groups excluding carboxylic acids is 1. The van der Waals surface area contributed by atoms with Crippen molar-refractivity contribution in [3.05, 3.63) is 45.0 Å². The Kier molecular flexibility index (Phi) is 3.73. The molecule has 2 heterocycles. The van der Waals surface area contributed by atoms with Crippen LogP contribution in [0.5, 0.6) is 0 Å². The van der Waals surface area contributed by atoms with Gasteiger partial charge >= 0.3 is 0 Å². The van der Waals surface area contributed by atoms with E-state index in [1.165, 1.54) is 0 Å². The monoisotopic (exact) mass is 382 g/mol. The van der Waals surface area contributed by atoms with E-state index in [4.69, 9.17) is 0 Å². The van der Waals surface area contributed by atoms with E-state index < -0.39 is 0 Å². The highest BCUT2D eigenvalue weighted by atomic mass is 127. The number of nitrogens with one attached hydrogen (secondary N) is 1. The summed E-state index contributed by atoms with van der Waals surface area (Å²) >= 11 is 2.22. The molecule has 6 heteroatoms. The normalized spacial score (nSPS) is 14.9. The molecule has 1 aromatic heterocycles. The minimum Gasteiger partial charge on any atom is -0.342 e. The van der Waals surface area contributed by atoms with Gasteiger partial charge in [0.15, 0.2) is 5.82 Å². The van der Waals surface area contributed by atoms with Gasteiger partial charge in [-0.2, -0.15) is 0 Å². The summed E-state index contributed by atoms with van der Waals surface area (Å²) in [6, 6.07) is 7.38. The summed E-state index contributed by atoms with van der Waals surface area (Å²) in [5.74, 6) is 1.79. The Balaban J connectivity index is 1.73. The van der Waals surface area contributed by atoms with E-state index in [1.54, 1.807) is 0 Å². The summed E-state index contributed by atoms with van der Waals surface area (Å²) < 4.78 is 3.22. The Bertz CT molecular complexity index is 635. The minimum absolute atomic E-state index is 0.0794. The van der Waals surface area contributed by atoms with Gasteiger partial charge in [-0.25, -0.2) is 0 Å². The first-order valence-corrected chi connectivity index (χ1v) is 7.71. The average molecular weight is 382 g/mol. The lowest BCUT2D eigenvalue weighted by Crippen LogP contribution is -2.28. The molecule has 0 spiro atoms. The maximum Gasteiger partial charge on any atom is 0.251 e. The zero-order valence-electron chi connectivity index (χ0n) is 11.1. The molecule has 1 N–H and O–H groups in total. The van der Waals surface area contributed by atoms with Gasteiger partial charge in [0.25, 0.3) is 5.91 Å². The maximum absolute atomic E-state index is 12.2. The van der Waals surface area contributed by atoms with Crippen LogP contribution < -0.4 is 5.32 Å². The molecule has 104 valence electrons. The topological polar surface area (TPSA) is 59.8 Å². The van der Waals surface area contributed by atoms with Gasteiger partial charge in [-0.05, 0) is 60.2 Å². The van der Waals surface area contributed by atoms with Crippen LogP contribution in [-0.4, -0.2) is 20.7 Å². The van der Waals surface area contributed by atoms with Gasteiger partial charge in [-0.3, -0.25) is 4.79 Å². The number of hydrogen-bond donors (Lipinski definition) is 1. The third-order valence-corrected chi connectivity index (χ3v) is 4.20. The number of nitrogens with zero attached hydrogens (tertiary/aromatic N) is 3. The number of fused-ring (bicyclic) bond motifs is 1. The van der Waals surface area contributed by atoms with Crippen molar-refractivity contribution < 1.29 is 4.79 Å². The predicted molar refractivity (Wildman–Crippen MR) is 83.4 cm³/mol. The molecule has 0 saturated carbocycles. The van der Waals surface area contributed by atoms with E-state index in [9.17, 15) is 4.79 Å². The van der Waals surface area contributed by atoms with E-state index in [1.807, 2.05) is 31.2 Å². The molecular formula is C14H15IN4O. The fourth-order valence-electron chi connectivity index (χ4n) is 2.44. The number of amides is 1. The van der Waals surface area contributed by atoms with Gasteiger partial charge in [-0.1, -0.05) is 0 Å². The zero-order valence-corrected chi connectivity index (χ0v) is 13.3. The molecule has 0 fully saturated rings. The summed E-state index contributed by atoms with van der Waals surface area (Å²) in [6.07, 6.45) is 2.08. The van der Waals surface area contributed by atoms with Crippen molar-refractivity contribution in [2.45, 2.75) is 32.4 Å². The number of hydrogen-bond acceptors (Lipinski definition) is 3. The standard InChI is InChI=1S/C14H15IN4O/c1-9(13-18-17-12-3-2-8-19(12)13)16-14(20)10-4-6-11(15)7-5-10/h4-7,9H,2-3,8H2,1H3,(H,16,20). The first kappa shape index (κ1) is 13.5. The number of carbonyl (C=O) groups is 1. The Morgan fingerprint density at radius 2 is 2.10 bits per heavy atom. The van der Waals surface area contributed by atoms with Gasteiger partial charge < -0.3 is 9.88 Å². The van der Waals surface area contributed by atoms with Crippen molar-refractivity contribution in [3.8, 4) is 0 Å². The van der Waals surface area contributed by atoms with E-state index in [0.29, 0.717) is 5.56 Å². The third kappa shape index (κ3) is 2.56. The molecule has 1 aliphatic heterocycles. The van der Waals surface area contributed by atoms with Gasteiger partial charge in [0, 0.05) is 22.1 Å². The molecule has 0 radical (unpaired) electrons. The second kappa shape index (κ2) is 5.51. The van der Waals surface area contributed by atoms with Crippen LogP contribution in [0.4, 0.5) is 0 Å². The lowest BCUT2D eigenvalue weighted by molar-refractivity contribution is 0.0937. The smallest absolute Gasteiger partial charge is 0.251 e.